The molecule has 0 fully saturated rings. The van der Waals surface area contributed by atoms with Crippen molar-refractivity contribution in [3.05, 3.63) is 34.1 Å². The van der Waals surface area contributed by atoms with E-state index in [9.17, 15) is 9.18 Å². The van der Waals surface area contributed by atoms with E-state index in [2.05, 4.69) is 21.2 Å². The summed E-state index contributed by atoms with van der Waals surface area (Å²) in [5, 5.41) is 3.09. The summed E-state index contributed by atoms with van der Waals surface area (Å²) in [7, 11) is 0. The van der Waals surface area contributed by atoms with Gasteiger partial charge >= 0.3 is 0 Å². The molecule has 0 bridgehead atoms. The summed E-state index contributed by atoms with van der Waals surface area (Å²) >= 11 is 3.19. The van der Waals surface area contributed by atoms with Gasteiger partial charge in [0.2, 0.25) is 0 Å². The number of benzene rings is 1. The van der Waals surface area contributed by atoms with Crippen molar-refractivity contribution in [2.24, 2.45) is 0 Å². The van der Waals surface area contributed by atoms with Gasteiger partial charge in [-0.15, -0.1) is 0 Å². The Morgan fingerprint density at radius 3 is 2.65 bits per heavy atom. The van der Waals surface area contributed by atoms with Crippen LogP contribution in [0.15, 0.2) is 22.7 Å². The zero-order chi connectivity index (χ0) is 13.1. The highest BCUT2D eigenvalue weighted by Crippen LogP contribution is 2.17. The van der Waals surface area contributed by atoms with E-state index in [0.717, 1.165) is 0 Å². The molecule has 1 aromatic rings. The van der Waals surface area contributed by atoms with Crippen LogP contribution >= 0.6 is 15.9 Å². The average molecular weight is 302 g/mol. The molecule has 0 radical (unpaired) electrons. The van der Waals surface area contributed by atoms with Crippen molar-refractivity contribution in [2.45, 2.75) is 32.7 Å². The second-order valence-electron chi connectivity index (χ2n) is 4.49. The standard InChI is InChI=1S/C13H17BrFNO/c1-4-16-13(2,3)12(17)7-9-5-6-10(14)8-11(9)15/h5-6,8,16H,4,7H2,1-3H3. The molecule has 94 valence electrons. The van der Waals surface area contributed by atoms with Gasteiger partial charge in [0.25, 0.3) is 0 Å². The van der Waals surface area contributed by atoms with Crippen LogP contribution in [0, 0.1) is 5.82 Å². The summed E-state index contributed by atoms with van der Waals surface area (Å²) in [4.78, 5) is 12.0. The van der Waals surface area contributed by atoms with Crippen LogP contribution in [0.3, 0.4) is 0 Å². The number of hydrogen-bond acceptors (Lipinski definition) is 2. The van der Waals surface area contributed by atoms with Gasteiger partial charge < -0.3 is 5.32 Å². The number of halogens is 2. The van der Waals surface area contributed by atoms with Crippen LogP contribution in [0.25, 0.3) is 0 Å². The van der Waals surface area contributed by atoms with Crippen molar-refractivity contribution in [3.8, 4) is 0 Å². The molecule has 0 heterocycles. The van der Waals surface area contributed by atoms with E-state index in [1.807, 2.05) is 20.8 Å². The van der Waals surface area contributed by atoms with Crippen LogP contribution in [0.1, 0.15) is 26.3 Å². The first-order valence-electron chi connectivity index (χ1n) is 5.59. The van der Waals surface area contributed by atoms with Crippen molar-refractivity contribution in [1.29, 1.82) is 0 Å². The van der Waals surface area contributed by atoms with Crippen LogP contribution in [-0.2, 0) is 11.2 Å². The molecular weight excluding hydrogens is 285 g/mol. The fourth-order valence-corrected chi connectivity index (χ4v) is 1.93. The van der Waals surface area contributed by atoms with Crippen molar-refractivity contribution < 1.29 is 9.18 Å². The van der Waals surface area contributed by atoms with Crippen molar-refractivity contribution in [3.63, 3.8) is 0 Å². The molecule has 0 aliphatic carbocycles. The predicted octanol–water partition coefficient (Wildman–Crippen LogP) is 3.09. The van der Waals surface area contributed by atoms with E-state index in [1.54, 1.807) is 12.1 Å². The second kappa shape index (κ2) is 5.74. The molecule has 0 atom stereocenters. The molecule has 4 heteroatoms. The summed E-state index contributed by atoms with van der Waals surface area (Å²) in [5.41, 5.74) is -0.182. The van der Waals surface area contributed by atoms with Crippen LogP contribution in [0.2, 0.25) is 0 Å². The Hall–Kier alpha value is -0.740. The Morgan fingerprint density at radius 1 is 1.47 bits per heavy atom. The van der Waals surface area contributed by atoms with E-state index in [1.165, 1.54) is 6.07 Å². The van der Waals surface area contributed by atoms with Gasteiger partial charge in [-0.25, -0.2) is 4.39 Å². The summed E-state index contributed by atoms with van der Waals surface area (Å²) in [6.45, 7) is 6.28. The van der Waals surface area contributed by atoms with Gasteiger partial charge in [0, 0.05) is 10.9 Å². The van der Waals surface area contributed by atoms with Gasteiger partial charge in [0.1, 0.15) is 5.82 Å². The molecule has 17 heavy (non-hydrogen) atoms. The molecule has 0 saturated carbocycles. The van der Waals surface area contributed by atoms with Gasteiger partial charge in [-0.1, -0.05) is 28.9 Å². The third-order valence-corrected chi connectivity index (χ3v) is 3.18. The number of carbonyl (C=O) groups excluding carboxylic acids is 1. The van der Waals surface area contributed by atoms with Crippen molar-refractivity contribution >= 4 is 21.7 Å². The highest BCUT2D eigenvalue weighted by molar-refractivity contribution is 9.10. The average Bonchev–Trinajstić information content (AvgIpc) is 2.22. The highest BCUT2D eigenvalue weighted by atomic mass is 79.9. The Balaban J connectivity index is 2.81. The third kappa shape index (κ3) is 3.89. The van der Waals surface area contributed by atoms with Crippen molar-refractivity contribution in [2.75, 3.05) is 6.54 Å². The number of likely N-dealkylation sites (N-methyl/N-ethyl adjacent to an activating group) is 1. The number of Topliss-reactive ketones (excluding diaryl/α,β-unsaturated/α-hetero) is 1. The summed E-state index contributed by atoms with van der Waals surface area (Å²) < 4.78 is 14.3. The first-order chi connectivity index (χ1) is 7.86. The highest BCUT2D eigenvalue weighted by Gasteiger charge is 2.26. The van der Waals surface area contributed by atoms with Crippen LogP contribution in [-0.4, -0.2) is 17.9 Å². The third-order valence-electron chi connectivity index (χ3n) is 2.68. The molecule has 0 aliphatic rings. The molecule has 1 N–H and O–H groups in total. The minimum absolute atomic E-state index is 0.0134. The van der Waals surface area contributed by atoms with Gasteiger partial charge in [0.15, 0.2) is 5.78 Å². The Morgan fingerprint density at radius 2 is 2.12 bits per heavy atom. The zero-order valence-electron chi connectivity index (χ0n) is 10.3. The lowest BCUT2D eigenvalue weighted by Crippen LogP contribution is -2.47. The second-order valence-corrected chi connectivity index (χ2v) is 5.41. The van der Waals surface area contributed by atoms with E-state index >= 15 is 0 Å². The lowest BCUT2D eigenvalue weighted by atomic mass is 9.93. The maximum atomic E-state index is 13.6. The molecule has 0 aliphatic heterocycles. The largest absolute Gasteiger partial charge is 0.306 e. The Bertz CT molecular complexity index is 418. The Kier molecular flexibility index (Phi) is 4.83. The van der Waals surface area contributed by atoms with Crippen molar-refractivity contribution in [1.82, 2.24) is 5.32 Å². The van der Waals surface area contributed by atoms with Crippen LogP contribution < -0.4 is 5.32 Å². The summed E-state index contributed by atoms with van der Waals surface area (Å²) in [6, 6.07) is 4.76. The van der Waals surface area contributed by atoms with Crippen LogP contribution in [0.5, 0.6) is 0 Å². The molecule has 1 rings (SSSR count). The first-order valence-corrected chi connectivity index (χ1v) is 6.38. The minimum atomic E-state index is -0.617. The van der Waals surface area contributed by atoms with E-state index < -0.39 is 5.54 Å². The molecule has 2 nitrogen and oxygen atoms in total. The number of carbonyl (C=O) groups is 1. The fraction of sp³-hybridized carbons (Fsp3) is 0.462. The predicted molar refractivity (Wildman–Crippen MR) is 70.6 cm³/mol. The molecule has 0 spiro atoms. The Labute approximate surface area is 110 Å². The SMILES string of the molecule is CCNC(C)(C)C(=O)Cc1ccc(Br)cc1F. The molecule has 0 amide bonds. The number of ketones is 1. The number of rotatable bonds is 5. The van der Waals surface area contributed by atoms with Crippen LogP contribution in [0.4, 0.5) is 4.39 Å². The molecule has 1 aromatic carbocycles. The molecule has 0 saturated heterocycles. The molecule has 0 aromatic heterocycles. The molecule has 0 unspecified atom stereocenters. The fourth-order valence-electron chi connectivity index (χ4n) is 1.60. The minimum Gasteiger partial charge on any atom is -0.306 e. The number of nitrogens with one attached hydrogen (secondary N) is 1. The van der Waals surface area contributed by atoms with Gasteiger partial charge in [-0.3, -0.25) is 4.79 Å². The number of hydrogen-bond donors (Lipinski definition) is 1. The maximum Gasteiger partial charge on any atom is 0.156 e. The lowest BCUT2D eigenvalue weighted by Gasteiger charge is -2.24. The van der Waals surface area contributed by atoms with Gasteiger partial charge in [0.05, 0.1) is 5.54 Å². The lowest BCUT2D eigenvalue weighted by molar-refractivity contribution is -0.123. The maximum absolute atomic E-state index is 13.6. The topological polar surface area (TPSA) is 29.1 Å². The monoisotopic (exact) mass is 301 g/mol. The van der Waals surface area contributed by atoms with E-state index in [4.69, 9.17) is 0 Å². The van der Waals surface area contributed by atoms with Gasteiger partial charge in [-0.05, 0) is 38.1 Å². The first kappa shape index (κ1) is 14.3. The normalized spacial score (nSPS) is 11.6. The zero-order valence-corrected chi connectivity index (χ0v) is 11.9. The summed E-state index contributed by atoms with van der Waals surface area (Å²) in [6.07, 6.45) is 0.110. The van der Waals surface area contributed by atoms with E-state index in [0.29, 0.717) is 16.6 Å². The smallest absolute Gasteiger partial charge is 0.156 e. The quantitative estimate of drug-likeness (QED) is 0.905. The van der Waals surface area contributed by atoms with Gasteiger partial charge in [-0.2, -0.15) is 0 Å². The van der Waals surface area contributed by atoms with E-state index in [-0.39, 0.29) is 18.0 Å². The molecular formula is C13H17BrFNO. The summed E-state index contributed by atoms with van der Waals surface area (Å²) in [5.74, 6) is -0.361.